The van der Waals surface area contributed by atoms with Crippen LogP contribution in [0, 0.1) is 6.92 Å². The molecule has 0 aliphatic rings. The van der Waals surface area contributed by atoms with Crippen LogP contribution >= 0.6 is 11.6 Å². The molecule has 110 valence electrons. The summed E-state index contributed by atoms with van der Waals surface area (Å²) < 4.78 is 0. The first-order chi connectivity index (χ1) is 10.6. The molecule has 0 aliphatic heterocycles. The van der Waals surface area contributed by atoms with Crippen LogP contribution in [0.2, 0.25) is 5.02 Å². The molecule has 6 heteroatoms. The van der Waals surface area contributed by atoms with Crippen molar-refractivity contribution in [3.05, 3.63) is 64.9 Å². The number of rotatable bonds is 3. The third-order valence-electron chi connectivity index (χ3n) is 3.23. The molecule has 0 fully saturated rings. The van der Waals surface area contributed by atoms with E-state index in [1.807, 2.05) is 25.1 Å². The Hall–Kier alpha value is -2.66. The number of pyridine rings is 1. The van der Waals surface area contributed by atoms with Crippen molar-refractivity contribution < 1.29 is 4.79 Å². The van der Waals surface area contributed by atoms with Crippen molar-refractivity contribution in [3.63, 3.8) is 0 Å². The lowest BCUT2D eigenvalue weighted by Crippen LogP contribution is -2.13. The number of nitrogens with zero attached hydrogens (tertiary/aromatic N) is 2. The minimum absolute atomic E-state index is 0.294. The van der Waals surface area contributed by atoms with Gasteiger partial charge in [0.25, 0.3) is 5.91 Å². The third-order valence-corrected chi connectivity index (χ3v) is 3.73. The van der Waals surface area contributed by atoms with Gasteiger partial charge in [-0.25, -0.2) is 0 Å². The summed E-state index contributed by atoms with van der Waals surface area (Å²) in [6.45, 7) is 1.86. The predicted octanol–water partition coefficient (Wildman–Crippen LogP) is 3.69. The molecular weight excluding hydrogens is 300 g/mol. The maximum atomic E-state index is 12.3. The quantitative estimate of drug-likeness (QED) is 0.775. The number of H-pyrrole nitrogens is 1. The van der Waals surface area contributed by atoms with Gasteiger partial charge in [0, 0.05) is 24.0 Å². The van der Waals surface area contributed by atoms with E-state index in [9.17, 15) is 4.79 Å². The average molecular weight is 313 g/mol. The smallest absolute Gasteiger partial charge is 0.258 e. The van der Waals surface area contributed by atoms with E-state index in [4.69, 9.17) is 11.6 Å². The topological polar surface area (TPSA) is 70.7 Å². The average Bonchev–Trinajstić information content (AvgIpc) is 2.99. The Morgan fingerprint density at radius 2 is 2.14 bits per heavy atom. The summed E-state index contributed by atoms with van der Waals surface area (Å²) in [6, 6.07) is 10.8. The third kappa shape index (κ3) is 2.84. The number of benzene rings is 1. The molecule has 1 aromatic carbocycles. The van der Waals surface area contributed by atoms with Crippen LogP contribution in [-0.4, -0.2) is 21.1 Å². The van der Waals surface area contributed by atoms with Crippen molar-refractivity contribution in [1.29, 1.82) is 0 Å². The van der Waals surface area contributed by atoms with Gasteiger partial charge in [0.15, 0.2) is 5.82 Å². The molecule has 2 aromatic heterocycles. The fourth-order valence-electron chi connectivity index (χ4n) is 2.06. The molecule has 0 saturated carbocycles. The second-order valence-corrected chi connectivity index (χ2v) is 5.18. The van der Waals surface area contributed by atoms with Crippen LogP contribution in [0.15, 0.2) is 48.8 Å². The van der Waals surface area contributed by atoms with Crippen LogP contribution in [0.4, 0.5) is 5.82 Å². The molecule has 22 heavy (non-hydrogen) atoms. The summed E-state index contributed by atoms with van der Waals surface area (Å²) in [6.07, 6.45) is 3.42. The Morgan fingerprint density at radius 3 is 2.91 bits per heavy atom. The Morgan fingerprint density at radius 1 is 1.27 bits per heavy atom. The molecule has 0 radical (unpaired) electrons. The van der Waals surface area contributed by atoms with E-state index < -0.39 is 0 Å². The molecule has 5 nitrogen and oxygen atoms in total. The Labute approximate surface area is 132 Å². The van der Waals surface area contributed by atoms with E-state index in [0.29, 0.717) is 16.4 Å². The number of anilines is 1. The predicted molar refractivity (Wildman–Crippen MR) is 86.0 cm³/mol. The van der Waals surface area contributed by atoms with E-state index >= 15 is 0 Å². The maximum Gasteiger partial charge on any atom is 0.258 e. The lowest BCUT2D eigenvalue weighted by Gasteiger charge is -2.05. The molecule has 2 N–H and O–H groups in total. The maximum absolute atomic E-state index is 12.3. The second kappa shape index (κ2) is 5.99. The van der Waals surface area contributed by atoms with Gasteiger partial charge < -0.3 is 5.32 Å². The Kier molecular flexibility index (Phi) is 3.89. The fourth-order valence-corrected chi connectivity index (χ4v) is 2.27. The molecule has 0 saturated heterocycles. The largest absolute Gasteiger partial charge is 0.305 e. The molecule has 0 atom stereocenters. The van der Waals surface area contributed by atoms with Crippen molar-refractivity contribution in [2.24, 2.45) is 0 Å². The van der Waals surface area contributed by atoms with Gasteiger partial charge in [-0.15, -0.1) is 0 Å². The highest BCUT2D eigenvalue weighted by molar-refractivity contribution is 6.35. The van der Waals surface area contributed by atoms with Crippen molar-refractivity contribution in [2.45, 2.75) is 6.92 Å². The molecule has 0 spiro atoms. The number of hydrogen-bond acceptors (Lipinski definition) is 3. The number of carbonyl (C=O) groups is 1. The first-order valence-electron chi connectivity index (χ1n) is 6.67. The number of nitrogens with one attached hydrogen (secondary N) is 2. The highest BCUT2D eigenvalue weighted by Crippen LogP contribution is 2.22. The zero-order chi connectivity index (χ0) is 15.5. The van der Waals surface area contributed by atoms with Crippen molar-refractivity contribution in [2.75, 3.05) is 5.32 Å². The number of aryl methyl sites for hydroxylation is 1. The van der Waals surface area contributed by atoms with Gasteiger partial charge in [0.1, 0.15) is 0 Å². The van der Waals surface area contributed by atoms with E-state index in [1.54, 1.807) is 30.6 Å². The standard InChI is InChI=1S/C16H13ClN4O/c1-10-4-2-6-12(15(10)17)16(22)19-14-8-13(20-21-14)11-5-3-7-18-9-11/h2-9H,1H3,(H2,19,20,21,22). The summed E-state index contributed by atoms with van der Waals surface area (Å²) in [7, 11) is 0. The Balaban J connectivity index is 1.81. The van der Waals surface area contributed by atoms with Gasteiger partial charge in [-0.2, -0.15) is 5.10 Å². The van der Waals surface area contributed by atoms with Crippen molar-refractivity contribution >= 4 is 23.3 Å². The SMILES string of the molecule is Cc1cccc(C(=O)Nc2cc(-c3cccnc3)[nH]n2)c1Cl. The van der Waals surface area contributed by atoms with Crippen LogP contribution in [0.5, 0.6) is 0 Å². The molecule has 0 aliphatic carbocycles. The minimum Gasteiger partial charge on any atom is -0.305 e. The zero-order valence-electron chi connectivity index (χ0n) is 11.8. The summed E-state index contributed by atoms with van der Waals surface area (Å²) >= 11 is 6.16. The molecule has 3 aromatic rings. The first kappa shape index (κ1) is 14.3. The minimum atomic E-state index is -0.294. The van der Waals surface area contributed by atoms with Crippen molar-refractivity contribution in [3.8, 4) is 11.3 Å². The normalized spacial score (nSPS) is 10.5. The molecule has 0 unspecified atom stereocenters. The van der Waals surface area contributed by atoms with Gasteiger partial charge in [-0.05, 0) is 30.7 Å². The van der Waals surface area contributed by atoms with Crippen LogP contribution in [0.25, 0.3) is 11.3 Å². The Bertz CT molecular complexity index is 814. The number of amides is 1. The molecule has 2 heterocycles. The number of halogens is 1. The number of aromatic nitrogens is 3. The number of hydrogen-bond donors (Lipinski definition) is 2. The van der Waals surface area contributed by atoms with Crippen LogP contribution in [0.1, 0.15) is 15.9 Å². The highest BCUT2D eigenvalue weighted by Gasteiger charge is 2.13. The van der Waals surface area contributed by atoms with E-state index in [2.05, 4.69) is 20.5 Å². The second-order valence-electron chi connectivity index (χ2n) is 4.80. The summed E-state index contributed by atoms with van der Waals surface area (Å²) in [5.41, 5.74) is 2.95. The van der Waals surface area contributed by atoms with E-state index in [-0.39, 0.29) is 5.91 Å². The molecular formula is C16H13ClN4O. The van der Waals surface area contributed by atoms with Crippen LogP contribution in [-0.2, 0) is 0 Å². The van der Waals surface area contributed by atoms with Gasteiger partial charge >= 0.3 is 0 Å². The van der Waals surface area contributed by atoms with Gasteiger partial charge in [-0.3, -0.25) is 14.9 Å². The van der Waals surface area contributed by atoms with Gasteiger partial charge in [-0.1, -0.05) is 23.7 Å². The zero-order valence-corrected chi connectivity index (χ0v) is 12.6. The van der Waals surface area contributed by atoms with Gasteiger partial charge in [0.05, 0.1) is 16.3 Å². The summed E-state index contributed by atoms with van der Waals surface area (Å²) in [4.78, 5) is 16.3. The van der Waals surface area contributed by atoms with Gasteiger partial charge in [0.2, 0.25) is 0 Å². The first-order valence-corrected chi connectivity index (χ1v) is 7.05. The number of aromatic amines is 1. The highest BCUT2D eigenvalue weighted by atomic mass is 35.5. The molecule has 1 amide bonds. The molecule has 3 rings (SSSR count). The van der Waals surface area contributed by atoms with E-state index in [1.165, 1.54) is 0 Å². The summed E-state index contributed by atoms with van der Waals surface area (Å²) in [5, 5.41) is 10.1. The fraction of sp³-hybridized carbons (Fsp3) is 0.0625. The van der Waals surface area contributed by atoms with Crippen molar-refractivity contribution in [1.82, 2.24) is 15.2 Å². The lowest BCUT2D eigenvalue weighted by atomic mass is 10.1. The molecule has 0 bridgehead atoms. The van der Waals surface area contributed by atoms with Crippen LogP contribution < -0.4 is 5.32 Å². The summed E-state index contributed by atoms with van der Waals surface area (Å²) in [5.74, 6) is 0.138. The van der Waals surface area contributed by atoms with Crippen LogP contribution in [0.3, 0.4) is 0 Å². The number of carbonyl (C=O) groups excluding carboxylic acids is 1. The monoisotopic (exact) mass is 312 g/mol. The van der Waals surface area contributed by atoms with E-state index in [0.717, 1.165) is 16.8 Å². The lowest BCUT2D eigenvalue weighted by molar-refractivity contribution is 0.102.